The molecule has 2 heterocycles. The summed E-state index contributed by atoms with van der Waals surface area (Å²) in [5.74, 6) is -0.0739. The third-order valence-electron chi connectivity index (χ3n) is 3.91. The molecule has 1 aliphatic heterocycles. The number of anilines is 1. The molecule has 2 N–H and O–H groups in total. The Labute approximate surface area is 129 Å². The molecule has 0 amide bonds. The number of pyridine rings is 1. The molecular formula is C17H20FN3O. The van der Waals surface area contributed by atoms with Crippen LogP contribution in [-0.2, 0) is 13.0 Å². The molecule has 3 rings (SSSR count). The van der Waals surface area contributed by atoms with E-state index in [0.29, 0.717) is 18.9 Å². The Kier molecular flexibility index (Phi) is 4.65. The minimum absolute atomic E-state index is 0.356. The number of halogens is 1. The molecule has 1 atom stereocenters. The molecule has 116 valence electrons. The molecule has 2 aromatic rings. The van der Waals surface area contributed by atoms with Gasteiger partial charge in [0.1, 0.15) is 5.82 Å². The molecule has 1 aliphatic rings. The number of fused-ring (bicyclic) bond motifs is 1. The van der Waals surface area contributed by atoms with Gasteiger partial charge >= 0.3 is 0 Å². The monoisotopic (exact) mass is 301 g/mol. The predicted molar refractivity (Wildman–Crippen MR) is 84.1 cm³/mol. The third-order valence-corrected chi connectivity index (χ3v) is 3.91. The Morgan fingerprint density at radius 1 is 1.18 bits per heavy atom. The Balaban J connectivity index is 1.49. The van der Waals surface area contributed by atoms with E-state index in [1.807, 2.05) is 0 Å². The standard InChI is InChI=1S/C17H20FN3O/c18-16-6-3-7-17(20-16)19-10-15(22)12-21-9-8-13-4-1-2-5-14(13)11-21/h1-7,15,22H,8-12H2,(H,19,20)/t15-/m0/s1. The van der Waals surface area contributed by atoms with Crippen LogP contribution in [0.25, 0.3) is 0 Å². The van der Waals surface area contributed by atoms with E-state index in [1.54, 1.807) is 12.1 Å². The van der Waals surface area contributed by atoms with Crippen LogP contribution in [0.3, 0.4) is 0 Å². The molecule has 0 bridgehead atoms. The first-order valence-electron chi connectivity index (χ1n) is 7.54. The number of β-amino-alcohol motifs (C(OH)–C–C–N with tert-alkyl or cyclic N) is 1. The topological polar surface area (TPSA) is 48.4 Å². The molecule has 4 nitrogen and oxygen atoms in total. The summed E-state index contributed by atoms with van der Waals surface area (Å²) < 4.78 is 13.0. The number of aliphatic hydroxyl groups excluding tert-OH is 1. The summed E-state index contributed by atoms with van der Waals surface area (Å²) in [4.78, 5) is 5.96. The highest BCUT2D eigenvalue weighted by molar-refractivity contribution is 5.33. The lowest BCUT2D eigenvalue weighted by Crippen LogP contribution is -2.39. The number of aliphatic hydroxyl groups is 1. The normalized spacial score (nSPS) is 16.1. The van der Waals surface area contributed by atoms with E-state index in [2.05, 4.69) is 39.5 Å². The molecule has 0 aliphatic carbocycles. The maximum Gasteiger partial charge on any atom is 0.214 e. The number of nitrogens with zero attached hydrogens (tertiary/aromatic N) is 2. The lowest BCUT2D eigenvalue weighted by Gasteiger charge is -2.30. The number of benzene rings is 1. The van der Waals surface area contributed by atoms with Gasteiger partial charge < -0.3 is 10.4 Å². The largest absolute Gasteiger partial charge is 0.390 e. The molecule has 0 radical (unpaired) electrons. The van der Waals surface area contributed by atoms with Crippen LogP contribution in [0, 0.1) is 5.95 Å². The van der Waals surface area contributed by atoms with Crippen molar-refractivity contribution in [3.63, 3.8) is 0 Å². The summed E-state index contributed by atoms with van der Waals surface area (Å²) in [6, 6.07) is 13.0. The van der Waals surface area contributed by atoms with Gasteiger partial charge in [-0.25, -0.2) is 4.98 Å². The minimum Gasteiger partial charge on any atom is -0.390 e. The first-order chi connectivity index (χ1) is 10.7. The Hall–Kier alpha value is -1.98. The average Bonchev–Trinajstić information content (AvgIpc) is 2.53. The second-order valence-corrected chi connectivity index (χ2v) is 5.63. The predicted octanol–water partition coefficient (Wildman–Crippen LogP) is 2.05. The fraction of sp³-hybridized carbons (Fsp3) is 0.353. The van der Waals surface area contributed by atoms with Crippen LogP contribution in [0.5, 0.6) is 0 Å². The minimum atomic E-state index is -0.521. The maximum atomic E-state index is 13.0. The first-order valence-corrected chi connectivity index (χ1v) is 7.54. The maximum absolute atomic E-state index is 13.0. The molecule has 5 heteroatoms. The van der Waals surface area contributed by atoms with E-state index in [1.165, 1.54) is 17.2 Å². The van der Waals surface area contributed by atoms with Crippen molar-refractivity contribution in [1.29, 1.82) is 0 Å². The van der Waals surface area contributed by atoms with E-state index < -0.39 is 12.1 Å². The smallest absolute Gasteiger partial charge is 0.214 e. The van der Waals surface area contributed by atoms with Crippen LogP contribution in [0.4, 0.5) is 10.2 Å². The van der Waals surface area contributed by atoms with Crippen molar-refractivity contribution in [2.75, 3.05) is 25.0 Å². The zero-order valence-electron chi connectivity index (χ0n) is 12.4. The summed E-state index contributed by atoms with van der Waals surface area (Å²) in [7, 11) is 0. The molecule has 1 aromatic heterocycles. The third kappa shape index (κ3) is 3.81. The second-order valence-electron chi connectivity index (χ2n) is 5.63. The van der Waals surface area contributed by atoms with Crippen LogP contribution in [0.1, 0.15) is 11.1 Å². The molecule has 0 fully saturated rings. The van der Waals surface area contributed by atoms with Gasteiger partial charge in [0.25, 0.3) is 0 Å². The summed E-state index contributed by atoms with van der Waals surface area (Å²) in [5.41, 5.74) is 2.73. The molecule has 1 aromatic carbocycles. The van der Waals surface area contributed by atoms with E-state index in [0.717, 1.165) is 19.5 Å². The highest BCUT2D eigenvalue weighted by Gasteiger charge is 2.18. The van der Waals surface area contributed by atoms with Crippen LogP contribution in [-0.4, -0.2) is 40.7 Å². The second kappa shape index (κ2) is 6.85. The number of hydrogen-bond donors (Lipinski definition) is 2. The lowest BCUT2D eigenvalue weighted by molar-refractivity contribution is 0.114. The zero-order chi connectivity index (χ0) is 15.4. The van der Waals surface area contributed by atoms with Crippen LogP contribution in [0.2, 0.25) is 0 Å². The number of rotatable bonds is 5. The van der Waals surface area contributed by atoms with Crippen molar-refractivity contribution in [2.24, 2.45) is 0 Å². The highest BCUT2D eigenvalue weighted by atomic mass is 19.1. The van der Waals surface area contributed by atoms with Gasteiger partial charge in [0, 0.05) is 26.2 Å². The Morgan fingerprint density at radius 3 is 2.82 bits per heavy atom. The van der Waals surface area contributed by atoms with Crippen LogP contribution >= 0.6 is 0 Å². The molecule has 0 saturated heterocycles. The Bertz CT molecular complexity index is 635. The highest BCUT2D eigenvalue weighted by Crippen LogP contribution is 2.18. The molecule has 0 spiro atoms. The van der Waals surface area contributed by atoms with Crippen molar-refractivity contribution in [1.82, 2.24) is 9.88 Å². The quantitative estimate of drug-likeness (QED) is 0.830. The van der Waals surface area contributed by atoms with Crippen molar-refractivity contribution in [2.45, 2.75) is 19.1 Å². The van der Waals surface area contributed by atoms with Gasteiger partial charge in [0.15, 0.2) is 0 Å². The number of hydrogen-bond acceptors (Lipinski definition) is 4. The van der Waals surface area contributed by atoms with Crippen molar-refractivity contribution in [3.05, 3.63) is 59.5 Å². The molecule has 0 saturated carbocycles. The Morgan fingerprint density at radius 2 is 2.00 bits per heavy atom. The van der Waals surface area contributed by atoms with Gasteiger partial charge in [-0.15, -0.1) is 0 Å². The van der Waals surface area contributed by atoms with E-state index in [4.69, 9.17) is 0 Å². The first kappa shape index (κ1) is 14.9. The van der Waals surface area contributed by atoms with Gasteiger partial charge in [-0.05, 0) is 29.7 Å². The van der Waals surface area contributed by atoms with Gasteiger partial charge in [0.2, 0.25) is 5.95 Å². The van der Waals surface area contributed by atoms with Gasteiger partial charge in [-0.2, -0.15) is 4.39 Å². The fourth-order valence-electron chi connectivity index (χ4n) is 2.80. The summed E-state index contributed by atoms with van der Waals surface area (Å²) in [6.07, 6.45) is 0.497. The van der Waals surface area contributed by atoms with Crippen LogP contribution in [0.15, 0.2) is 42.5 Å². The van der Waals surface area contributed by atoms with Gasteiger partial charge in [-0.1, -0.05) is 30.3 Å². The summed E-state index contributed by atoms with van der Waals surface area (Å²) in [5, 5.41) is 13.1. The zero-order valence-corrected chi connectivity index (χ0v) is 12.4. The number of aromatic nitrogens is 1. The van der Waals surface area contributed by atoms with Gasteiger partial charge in [-0.3, -0.25) is 4.90 Å². The van der Waals surface area contributed by atoms with Crippen molar-refractivity contribution < 1.29 is 9.50 Å². The number of nitrogens with one attached hydrogen (secondary N) is 1. The molecular weight excluding hydrogens is 281 g/mol. The van der Waals surface area contributed by atoms with Crippen molar-refractivity contribution >= 4 is 5.82 Å². The lowest BCUT2D eigenvalue weighted by atomic mass is 10.00. The van der Waals surface area contributed by atoms with E-state index in [-0.39, 0.29) is 0 Å². The summed E-state index contributed by atoms with van der Waals surface area (Å²) in [6.45, 7) is 2.77. The molecule has 0 unspecified atom stereocenters. The van der Waals surface area contributed by atoms with Crippen molar-refractivity contribution in [3.8, 4) is 0 Å². The van der Waals surface area contributed by atoms with E-state index in [9.17, 15) is 9.50 Å². The summed E-state index contributed by atoms with van der Waals surface area (Å²) >= 11 is 0. The van der Waals surface area contributed by atoms with Crippen LogP contribution < -0.4 is 5.32 Å². The van der Waals surface area contributed by atoms with E-state index >= 15 is 0 Å². The molecule has 22 heavy (non-hydrogen) atoms. The average molecular weight is 301 g/mol. The van der Waals surface area contributed by atoms with Gasteiger partial charge in [0.05, 0.1) is 6.10 Å². The SMILES string of the molecule is O[C@@H](CNc1cccc(F)n1)CN1CCc2ccccc2C1. The fourth-order valence-corrected chi connectivity index (χ4v) is 2.80.